The van der Waals surface area contributed by atoms with Crippen LogP contribution in [0.5, 0.6) is 0 Å². The lowest BCUT2D eigenvalue weighted by Gasteiger charge is -2.16. The lowest BCUT2D eigenvalue weighted by atomic mass is 10.1. The van der Waals surface area contributed by atoms with E-state index in [1.807, 2.05) is 31.2 Å². The zero-order chi connectivity index (χ0) is 19.7. The van der Waals surface area contributed by atoms with Crippen LogP contribution >= 0.6 is 0 Å². The van der Waals surface area contributed by atoms with Gasteiger partial charge in [-0.2, -0.15) is 0 Å². The van der Waals surface area contributed by atoms with Gasteiger partial charge in [-0.3, -0.25) is 4.79 Å². The van der Waals surface area contributed by atoms with Crippen molar-refractivity contribution < 1.29 is 13.2 Å². The molecule has 2 aromatic carbocycles. The van der Waals surface area contributed by atoms with Gasteiger partial charge in [0.05, 0.1) is 4.90 Å². The summed E-state index contributed by atoms with van der Waals surface area (Å²) in [6, 6.07) is 14.5. The van der Waals surface area contributed by atoms with Crippen LogP contribution in [-0.4, -0.2) is 32.4 Å². The highest BCUT2D eigenvalue weighted by molar-refractivity contribution is 7.89. The van der Waals surface area contributed by atoms with Crippen LogP contribution in [0.2, 0.25) is 0 Å². The minimum Gasteiger partial charge on any atom is -0.358 e. The van der Waals surface area contributed by atoms with Gasteiger partial charge in [0.25, 0.3) is 0 Å². The maximum atomic E-state index is 12.6. The molecule has 0 atom stereocenters. The molecule has 146 valence electrons. The Labute approximate surface area is 164 Å². The topological polar surface area (TPSA) is 82.3 Å². The Morgan fingerprint density at radius 3 is 2.57 bits per heavy atom. The number of nitrogens with one attached hydrogen (secondary N) is 2. The van der Waals surface area contributed by atoms with Gasteiger partial charge in [0.15, 0.2) is 0 Å². The summed E-state index contributed by atoms with van der Waals surface area (Å²) in [6.45, 7) is 3.01. The van der Waals surface area contributed by atoms with Crippen LogP contribution in [0.15, 0.2) is 53.4 Å². The molecule has 0 unspecified atom stereocenters. The second-order valence-electron chi connectivity index (χ2n) is 7.06. The maximum absolute atomic E-state index is 12.6. The first-order chi connectivity index (χ1) is 13.5. The Balaban J connectivity index is 1.44. The largest absolute Gasteiger partial charge is 0.358 e. The molecule has 2 N–H and O–H groups in total. The summed E-state index contributed by atoms with van der Waals surface area (Å²) in [4.78, 5) is 17.1. The first-order valence-electron chi connectivity index (χ1n) is 9.42. The quantitative estimate of drug-likeness (QED) is 0.670. The number of carbonyl (C=O) groups excluding carboxylic acids is 1. The Hall–Kier alpha value is -2.64. The number of rotatable bonds is 6. The first kappa shape index (κ1) is 18.7. The second-order valence-corrected chi connectivity index (χ2v) is 8.83. The summed E-state index contributed by atoms with van der Waals surface area (Å²) < 4.78 is 27.9. The normalized spacial score (nSPS) is 14.9. The molecule has 0 radical (unpaired) electrons. The van der Waals surface area contributed by atoms with Crippen LogP contribution in [-0.2, 0) is 21.2 Å². The molecule has 2 heterocycles. The van der Waals surface area contributed by atoms with E-state index in [0.717, 1.165) is 34.3 Å². The third-order valence-corrected chi connectivity index (χ3v) is 6.70. The van der Waals surface area contributed by atoms with Crippen molar-refractivity contribution in [2.75, 3.05) is 18.0 Å². The molecule has 1 aliphatic heterocycles. The number of amides is 1. The van der Waals surface area contributed by atoms with Crippen molar-refractivity contribution in [3.05, 3.63) is 59.8 Å². The highest BCUT2D eigenvalue weighted by atomic mass is 32.2. The lowest BCUT2D eigenvalue weighted by molar-refractivity contribution is -0.117. The minimum atomic E-state index is -3.60. The lowest BCUT2D eigenvalue weighted by Crippen LogP contribution is -2.26. The number of aromatic nitrogens is 1. The van der Waals surface area contributed by atoms with Crippen molar-refractivity contribution in [3.63, 3.8) is 0 Å². The van der Waals surface area contributed by atoms with Gasteiger partial charge in [0, 0.05) is 41.8 Å². The molecule has 7 heteroatoms. The summed E-state index contributed by atoms with van der Waals surface area (Å²) >= 11 is 0. The number of para-hydroxylation sites is 1. The second kappa shape index (κ2) is 7.41. The fourth-order valence-electron chi connectivity index (χ4n) is 3.78. The van der Waals surface area contributed by atoms with E-state index >= 15 is 0 Å². The number of anilines is 1. The molecular weight excluding hydrogens is 374 g/mol. The van der Waals surface area contributed by atoms with Crippen LogP contribution in [0.1, 0.15) is 24.1 Å². The number of hydrogen-bond donors (Lipinski definition) is 2. The molecule has 1 amide bonds. The van der Waals surface area contributed by atoms with Crippen LogP contribution in [0.3, 0.4) is 0 Å². The molecule has 4 rings (SSSR count). The Morgan fingerprint density at radius 1 is 1.11 bits per heavy atom. The molecule has 6 nitrogen and oxygen atoms in total. The van der Waals surface area contributed by atoms with Gasteiger partial charge in [0.2, 0.25) is 15.9 Å². The molecule has 1 aliphatic rings. The fourth-order valence-corrected chi connectivity index (χ4v) is 4.81. The molecule has 1 aromatic heterocycles. The molecular formula is C21H23N3O3S. The van der Waals surface area contributed by atoms with E-state index in [-0.39, 0.29) is 10.8 Å². The predicted octanol–water partition coefficient (Wildman–Crippen LogP) is 3.12. The first-order valence-corrected chi connectivity index (χ1v) is 10.9. The fraction of sp³-hybridized carbons (Fsp3) is 0.286. The minimum absolute atomic E-state index is 0.0860. The van der Waals surface area contributed by atoms with E-state index in [0.29, 0.717) is 25.9 Å². The summed E-state index contributed by atoms with van der Waals surface area (Å²) in [7, 11) is -3.60. The number of benzene rings is 2. The van der Waals surface area contributed by atoms with E-state index in [1.54, 1.807) is 29.2 Å². The molecule has 3 aromatic rings. The van der Waals surface area contributed by atoms with Crippen molar-refractivity contribution in [2.45, 2.75) is 31.1 Å². The van der Waals surface area contributed by atoms with E-state index in [9.17, 15) is 13.2 Å². The zero-order valence-corrected chi connectivity index (χ0v) is 16.6. The third kappa shape index (κ3) is 3.55. The van der Waals surface area contributed by atoms with Gasteiger partial charge in [-0.05, 0) is 55.7 Å². The smallest absolute Gasteiger partial charge is 0.240 e. The summed E-state index contributed by atoms with van der Waals surface area (Å²) in [5.74, 6) is 0.0860. The Kier molecular flexibility index (Phi) is 4.95. The Morgan fingerprint density at radius 2 is 1.86 bits per heavy atom. The van der Waals surface area contributed by atoms with E-state index in [1.165, 1.54) is 0 Å². The summed E-state index contributed by atoms with van der Waals surface area (Å²) in [6.07, 6.45) is 2.00. The van der Waals surface area contributed by atoms with Crippen LogP contribution in [0, 0.1) is 6.92 Å². The molecule has 28 heavy (non-hydrogen) atoms. The van der Waals surface area contributed by atoms with Crippen LogP contribution in [0.25, 0.3) is 10.9 Å². The average Bonchev–Trinajstić information content (AvgIpc) is 3.25. The number of H-pyrrole nitrogens is 1. The molecule has 0 aliphatic carbocycles. The van der Waals surface area contributed by atoms with E-state index < -0.39 is 10.0 Å². The van der Waals surface area contributed by atoms with Gasteiger partial charge >= 0.3 is 0 Å². The molecule has 1 fully saturated rings. The van der Waals surface area contributed by atoms with Crippen molar-refractivity contribution in [1.82, 2.24) is 9.71 Å². The number of sulfonamides is 1. The van der Waals surface area contributed by atoms with Gasteiger partial charge in [0.1, 0.15) is 0 Å². The Bertz CT molecular complexity index is 1120. The molecule has 0 saturated carbocycles. The van der Waals surface area contributed by atoms with E-state index in [4.69, 9.17) is 0 Å². The molecule has 0 spiro atoms. The molecule has 0 bridgehead atoms. The summed E-state index contributed by atoms with van der Waals surface area (Å²) in [5, 5.41) is 1.12. The zero-order valence-electron chi connectivity index (χ0n) is 15.7. The maximum Gasteiger partial charge on any atom is 0.240 e. The number of fused-ring (bicyclic) bond motifs is 1. The van der Waals surface area contributed by atoms with Gasteiger partial charge in [-0.25, -0.2) is 13.1 Å². The van der Waals surface area contributed by atoms with Crippen molar-refractivity contribution in [2.24, 2.45) is 0 Å². The van der Waals surface area contributed by atoms with Crippen LogP contribution in [0.4, 0.5) is 5.69 Å². The van der Waals surface area contributed by atoms with Gasteiger partial charge in [-0.15, -0.1) is 0 Å². The predicted molar refractivity (Wildman–Crippen MR) is 110 cm³/mol. The third-order valence-electron chi connectivity index (χ3n) is 5.23. The number of hydrogen-bond acceptors (Lipinski definition) is 3. The number of nitrogens with zero attached hydrogens (tertiary/aromatic N) is 1. The SMILES string of the molecule is Cc1[nH]c2ccccc2c1CCNS(=O)(=O)c1ccc(N2CCCC2=O)cc1. The number of carbonyl (C=O) groups is 1. The summed E-state index contributed by atoms with van der Waals surface area (Å²) in [5.41, 5.74) is 3.99. The average molecular weight is 398 g/mol. The van der Waals surface area contributed by atoms with Crippen LogP contribution < -0.4 is 9.62 Å². The standard InChI is InChI=1S/C21H23N3O3S/c1-15-18(19-5-2-3-6-20(19)23-15)12-13-22-28(26,27)17-10-8-16(9-11-17)24-14-4-7-21(24)25/h2-3,5-6,8-11,22-23H,4,7,12-14H2,1H3. The monoisotopic (exact) mass is 397 g/mol. The highest BCUT2D eigenvalue weighted by Crippen LogP contribution is 2.24. The number of aromatic amines is 1. The highest BCUT2D eigenvalue weighted by Gasteiger charge is 2.22. The van der Waals surface area contributed by atoms with Gasteiger partial charge < -0.3 is 9.88 Å². The van der Waals surface area contributed by atoms with E-state index in [2.05, 4.69) is 9.71 Å². The molecule has 1 saturated heterocycles. The number of aryl methyl sites for hydroxylation is 1. The van der Waals surface area contributed by atoms with Crippen molar-refractivity contribution in [1.29, 1.82) is 0 Å². The van der Waals surface area contributed by atoms with Crippen molar-refractivity contribution >= 4 is 32.5 Å². The van der Waals surface area contributed by atoms with Gasteiger partial charge in [-0.1, -0.05) is 18.2 Å². The van der Waals surface area contributed by atoms with Crippen molar-refractivity contribution in [3.8, 4) is 0 Å².